The average molecular weight is 98.2 g/mol. The summed E-state index contributed by atoms with van der Waals surface area (Å²) in [6.45, 7) is 5.72. The first-order valence-corrected chi connectivity index (χ1v) is 3.02. The molecule has 0 aromatic heterocycles. The Morgan fingerprint density at radius 1 is 1.57 bits per heavy atom. The molecule has 1 aliphatic rings. The van der Waals surface area contributed by atoms with Crippen LogP contribution in [0.1, 0.15) is 32.6 Å². The molecule has 1 aliphatic carbocycles. The molecule has 7 heavy (non-hydrogen) atoms. The van der Waals surface area contributed by atoms with Gasteiger partial charge in [0.25, 0.3) is 0 Å². The van der Waals surface area contributed by atoms with Crippen LogP contribution in [0.25, 0.3) is 0 Å². The third-order valence-corrected chi connectivity index (χ3v) is 0.642. The molecule has 0 nitrogen and oxygen atoms in total. The minimum absolute atomic E-state index is 1.07. The lowest BCUT2D eigenvalue weighted by atomic mass is 10.4. The molecule has 0 saturated heterocycles. The number of hydrogen-bond acceptors (Lipinski definition) is 0. The zero-order chi connectivity index (χ0) is 5.54. The SMILES string of the molecule is [CH2]CCC.[CH]1CC1. The Morgan fingerprint density at radius 3 is 1.86 bits per heavy atom. The highest BCUT2D eigenvalue weighted by molar-refractivity contribution is 4.79. The molecule has 2 radical (unpaired) electrons. The largest absolute Gasteiger partial charge is 0.0654 e. The average Bonchev–Trinajstić information content (AvgIpc) is 2.47. The summed E-state index contributed by atoms with van der Waals surface area (Å²) in [7, 11) is 0. The van der Waals surface area contributed by atoms with E-state index in [0.29, 0.717) is 0 Å². The summed E-state index contributed by atoms with van der Waals surface area (Å²) in [5, 5.41) is 0. The van der Waals surface area contributed by atoms with E-state index in [1.165, 1.54) is 19.3 Å². The van der Waals surface area contributed by atoms with Crippen LogP contribution in [0.2, 0.25) is 0 Å². The van der Waals surface area contributed by atoms with Crippen LogP contribution in [0, 0.1) is 13.3 Å². The highest BCUT2D eigenvalue weighted by Crippen LogP contribution is 2.12. The van der Waals surface area contributed by atoms with Crippen LogP contribution in [0.4, 0.5) is 0 Å². The number of hydrogen-bond donors (Lipinski definition) is 0. The van der Waals surface area contributed by atoms with E-state index in [-0.39, 0.29) is 0 Å². The molecule has 0 aromatic rings. The second-order valence-corrected chi connectivity index (χ2v) is 1.72. The Morgan fingerprint density at radius 2 is 1.86 bits per heavy atom. The summed E-state index contributed by atoms with van der Waals surface area (Å²) >= 11 is 0. The van der Waals surface area contributed by atoms with Gasteiger partial charge in [0.2, 0.25) is 0 Å². The van der Waals surface area contributed by atoms with Gasteiger partial charge in [-0.3, -0.25) is 0 Å². The minimum Gasteiger partial charge on any atom is -0.0654 e. The third-order valence-electron chi connectivity index (χ3n) is 0.642. The first-order chi connectivity index (χ1) is 3.41. The predicted molar refractivity (Wildman–Crippen MR) is 33.8 cm³/mol. The van der Waals surface area contributed by atoms with E-state index in [4.69, 9.17) is 0 Å². The number of unbranched alkanes of at least 4 members (excludes halogenated alkanes) is 1. The van der Waals surface area contributed by atoms with Crippen molar-refractivity contribution in [3.05, 3.63) is 13.3 Å². The molecule has 1 fully saturated rings. The molecular formula is C7H14. The van der Waals surface area contributed by atoms with Crippen LogP contribution in [-0.4, -0.2) is 0 Å². The molecule has 0 heteroatoms. The molecule has 0 aromatic carbocycles. The van der Waals surface area contributed by atoms with Crippen molar-refractivity contribution in [3.8, 4) is 0 Å². The Balaban J connectivity index is 0.000000105. The lowest BCUT2D eigenvalue weighted by Crippen LogP contribution is -1.48. The van der Waals surface area contributed by atoms with Gasteiger partial charge < -0.3 is 0 Å². The molecule has 0 heterocycles. The molecule has 0 bridgehead atoms. The van der Waals surface area contributed by atoms with Gasteiger partial charge in [0, 0.05) is 0 Å². The van der Waals surface area contributed by atoms with Gasteiger partial charge in [-0.15, -0.1) is 0 Å². The maximum Gasteiger partial charge on any atom is -0.0386 e. The van der Waals surface area contributed by atoms with E-state index in [1.54, 1.807) is 0 Å². The van der Waals surface area contributed by atoms with E-state index in [0.717, 1.165) is 6.42 Å². The van der Waals surface area contributed by atoms with Gasteiger partial charge in [-0.25, -0.2) is 0 Å². The number of rotatable bonds is 1. The van der Waals surface area contributed by atoms with Crippen molar-refractivity contribution >= 4 is 0 Å². The van der Waals surface area contributed by atoms with E-state index in [1.807, 2.05) is 0 Å². The summed E-state index contributed by atoms with van der Waals surface area (Å²) in [4.78, 5) is 0. The molecule has 0 aliphatic heterocycles. The first-order valence-electron chi connectivity index (χ1n) is 3.02. The lowest BCUT2D eigenvalue weighted by Gasteiger charge is -1.67. The Hall–Kier alpha value is 0. The van der Waals surface area contributed by atoms with Gasteiger partial charge >= 0.3 is 0 Å². The standard InChI is InChI=1S/C4H9.C3H5/c1-3-4-2;1-2-3-1/h1,3-4H2,2H3;1H,2-3H2. The van der Waals surface area contributed by atoms with Crippen molar-refractivity contribution in [2.75, 3.05) is 0 Å². The normalized spacial score (nSPS) is 14.6. The fourth-order valence-electron chi connectivity index (χ4n) is 0. The molecular weight excluding hydrogens is 84.1 g/mol. The van der Waals surface area contributed by atoms with Gasteiger partial charge in [0.15, 0.2) is 0 Å². The van der Waals surface area contributed by atoms with Crippen LogP contribution in [-0.2, 0) is 0 Å². The predicted octanol–water partition coefficient (Wildman–Crippen LogP) is 2.61. The van der Waals surface area contributed by atoms with Crippen LogP contribution in [0.3, 0.4) is 0 Å². The van der Waals surface area contributed by atoms with E-state index >= 15 is 0 Å². The van der Waals surface area contributed by atoms with Crippen LogP contribution >= 0.6 is 0 Å². The summed E-state index contributed by atoms with van der Waals surface area (Å²) in [6, 6.07) is 0. The molecule has 0 spiro atoms. The van der Waals surface area contributed by atoms with Gasteiger partial charge in [-0.1, -0.05) is 26.7 Å². The van der Waals surface area contributed by atoms with Crippen molar-refractivity contribution < 1.29 is 0 Å². The summed E-state index contributed by atoms with van der Waals surface area (Å²) in [6.07, 6.45) is 7.28. The molecule has 0 amide bonds. The maximum atomic E-state index is 3.60. The van der Waals surface area contributed by atoms with Crippen molar-refractivity contribution in [1.29, 1.82) is 0 Å². The molecule has 1 rings (SSSR count). The first kappa shape index (κ1) is 7.00. The topological polar surface area (TPSA) is 0 Å². The van der Waals surface area contributed by atoms with Gasteiger partial charge in [0.05, 0.1) is 0 Å². The smallest absolute Gasteiger partial charge is 0.0386 e. The summed E-state index contributed by atoms with van der Waals surface area (Å²) in [5.41, 5.74) is 0. The van der Waals surface area contributed by atoms with Crippen LogP contribution < -0.4 is 0 Å². The van der Waals surface area contributed by atoms with Crippen LogP contribution in [0.15, 0.2) is 0 Å². The minimum atomic E-state index is 1.07. The molecule has 0 N–H and O–H groups in total. The van der Waals surface area contributed by atoms with Gasteiger partial charge in [-0.2, -0.15) is 0 Å². The molecule has 42 valence electrons. The van der Waals surface area contributed by atoms with Crippen molar-refractivity contribution in [2.24, 2.45) is 0 Å². The summed E-state index contributed by atoms with van der Waals surface area (Å²) in [5.74, 6) is 0. The molecule has 1 saturated carbocycles. The van der Waals surface area contributed by atoms with E-state index < -0.39 is 0 Å². The van der Waals surface area contributed by atoms with Crippen molar-refractivity contribution in [1.82, 2.24) is 0 Å². The van der Waals surface area contributed by atoms with Crippen molar-refractivity contribution in [3.63, 3.8) is 0 Å². The Kier molecular flexibility index (Phi) is 6.00. The van der Waals surface area contributed by atoms with E-state index in [9.17, 15) is 0 Å². The monoisotopic (exact) mass is 98.1 g/mol. The zero-order valence-electron chi connectivity index (χ0n) is 5.11. The van der Waals surface area contributed by atoms with Gasteiger partial charge in [0.1, 0.15) is 0 Å². The highest BCUT2D eigenvalue weighted by atomic mass is 14.0. The second-order valence-electron chi connectivity index (χ2n) is 1.72. The highest BCUT2D eigenvalue weighted by Gasteiger charge is 1.95. The Bertz CT molecular complexity index is 16.5. The maximum absolute atomic E-state index is 3.60. The summed E-state index contributed by atoms with van der Waals surface area (Å²) < 4.78 is 0. The zero-order valence-corrected chi connectivity index (χ0v) is 5.11. The fourth-order valence-corrected chi connectivity index (χ4v) is 0. The Labute approximate surface area is 46.9 Å². The third kappa shape index (κ3) is 24.0. The fraction of sp³-hybridized carbons (Fsp3) is 0.714. The quantitative estimate of drug-likeness (QED) is 0.473. The van der Waals surface area contributed by atoms with E-state index in [2.05, 4.69) is 20.3 Å². The van der Waals surface area contributed by atoms with Gasteiger partial charge in [-0.05, 0) is 19.3 Å². The lowest BCUT2D eigenvalue weighted by molar-refractivity contribution is 0.956. The second kappa shape index (κ2) is 6.00. The van der Waals surface area contributed by atoms with Crippen molar-refractivity contribution in [2.45, 2.75) is 32.6 Å². The molecule has 0 unspecified atom stereocenters. The molecule has 0 atom stereocenters. The van der Waals surface area contributed by atoms with Crippen LogP contribution in [0.5, 0.6) is 0 Å².